The Hall–Kier alpha value is -4.08. The zero-order chi connectivity index (χ0) is 30.8. The van der Waals surface area contributed by atoms with Gasteiger partial charge in [0.15, 0.2) is 0 Å². The number of nitrogens with two attached hydrogens (primary N) is 1. The summed E-state index contributed by atoms with van der Waals surface area (Å²) in [7, 11) is 0. The fourth-order valence-corrected chi connectivity index (χ4v) is 5.93. The molecular weight excluding hydrogens is 585 g/mol. The van der Waals surface area contributed by atoms with E-state index in [1.165, 1.54) is 30.3 Å². The van der Waals surface area contributed by atoms with E-state index in [4.69, 9.17) is 26.8 Å². The molecule has 1 aromatic heterocycles. The van der Waals surface area contributed by atoms with E-state index in [1.807, 2.05) is 11.0 Å². The number of aromatic nitrogens is 2. The van der Waals surface area contributed by atoms with Gasteiger partial charge in [0.25, 0.3) is 0 Å². The van der Waals surface area contributed by atoms with E-state index in [1.54, 1.807) is 25.1 Å². The summed E-state index contributed by atoms with van der Waals surface area (Å²) >= 11 is 6.17. The fraction of sp³-hybridized carbons (Fsp3) is 0.400. The van der Waals surface area contributed by atoms with E-state index < -0.39 is 12.3 Å². The molecule has 1 spiro atoms. The van der Waals surface area contributed by atoms with Crippen molar-refractivity contribution in [2.75, 3.05) is 36.9 Å². The first-order chi connectivity index (χ1) is 20.5. The third-order valence-electron chi connectivity index (χ3n) is 7.92. The van der Waals surface area contributed by atoms with Gasteiger partial charge in [-0.2, -0.15) is 28.4 Å². The van der Waals surface area contributed by atoms with Crippen LogP contribution in [-0.2, 0) is 9.53 Å². The molecule has 226 valence electrons. The first kappa shape index (κ1) is 30.4. The Morgan fingerprint density at radius 1 is 1.23 bits per heavy atom. The summed E-state index contributed by atoms with van der Waals surface area (Å²) in [4.78, 5) is 22.4. The molecule has 3 N–H and O–H groups in total. The van der Waals surface area contributed by atoms with Crippen molar-refractivity contribution in [3.8, 4) is 23.1 Å². The molecule has 0 radical (unpaired) electrons. The second kappa shape index (κ2) is 12.3. The van der Waals surface area contributed by atoms with Gasteiger partial charge in [-0.05, 0) is 67.0 Å². The molecule has 2 atom stereocenters. The van der Waals surface area contributed by atoms with Gasteiger partial charge in [-0.15, -0.1) is 0 Å². The van der Waals surface area contributed by atoms with E-state index >= 15 is 0 Å². The van der Waals surface area contributed by atoms with Gasteiger partial charge >= 0.3 is 12.1 Å². The van der Waals surface area contributed by atoms with Crippen molar-refractivity contribution >= 4 is 29.3 Å². The SMILES string of the molecule is CCOC(=O)[C@@H]1CC2(CCN(c3cc(O[C@H](c4ccc(Cl)cc4-c4cccc(C#N)c4)C(F)(F)F)nc(N)n3)CC2)CN1. The van der Waals surface area contributed by atoms with Gasteiger partial charge in [0.1, 0.15) is 11.9 Å². The Bertz CT molecular complexity index is 1540. The van der Waals surface area contributed by atoms with Crippen LogP contribution in [0.1, 0.15) is 43.4 Å². The minimum absolute atomic E-state index is 0.0823. The number of rotatable bonds is 7. The van der Waals surface area contributed by atoms with Gasteiger partial charge in [0.2, 0.25) is 17.9 Å². The van der Waals surface area contributed by atoms with Crippen molar-refractivity contribution in [3.05, 3.63) is 64.7 Å². The van der Waals surface area contributed by atoms with Crippen molar-refractivity contribution in [2.45, 2.75) is 44.5 Å². The average molecular weight is 615 g/mol. The van der Waals surface area contributed by atoms with E-state index in [9.17, 15) is 23.2 Å². The van der Waals surface area contributed by atoms with E-state index in [0.29, 0.717) is 44.0 Å². The van der Waals surface area contributed by atoms with Crippen LogP contribution in [0.25, 0.3) is 11.1 Å². The number of benzene rings is 2. The van der Waals surface area contributed by atoms with Crippen LogP contribution in [0.15, 0.2) is 48.5 Å². The highest BCUT2D eigenvalue weighted by Crippen LogP contribution is 2.43. The Labute approximate surface area is 251 Å². The standard InChI is InChI=1S/C30H30ClF3N6O3/c1-2-42-27(41)23-15-29(17-37-23)8-10-40(11-9-29)24-14-25(39-28(36)38-24)43-26(30(32,33)34)21-7-6-20(31)13-22(21)19-5-3-4-18(12-19)16-35/h3-7,12-14,23,26,37H,2,8-11,15,17H2,1H3,(H2,36,38,39)/t23-,26+/m0/s1. The molecule has 2 aliphatic heterocycles. The molecule has 43 heavy (non-hydrogen) atoms. The summed E-state index contributed by atoms with van der Waals surface area (Å²) in [5.74, 6) is -0.462. The third kappa shape index (κ3) is 6.78. The second-order valence-electron chi connectivity index (χ2n) is 10.8. The molecule has 0 saturated carbocycles. The van der Waals surface area contributed by atoms with Crippen molar-refractivity contribution in [3.63, 3.8) is 0 Å². The number of nitrogens with one attached hydrogen (secondary N) is 1. The van der Waals surface area contributed by atoms with Crippen molar-refractivity contribution in [2.24, 2.45) is 5.41 Å². The molecule has 0 aliphatic carbocycles. The number of esters is 1. The van der Waals surface area contributed by atoms with Gasteiger partial charge in [-0.3, -0.25) is 4.79 Å². The molecule has 0 bridgehead atoms. The molecule has 2 aliphatic rings. The molecule has 0 amide bonds. The van der Waals surface area contributed by atoms with Crippen LogP contribution in [0.5, 0.6) is 5.88 Å². The number of hydrogen-bond donors (Lipinski definition) is 2. The lowest BCUT2D eigenvalue weighted by Crippen LogP contribution is -2.41. The Kier molecular flexibility index (Phi) is 8.66. The van der Waals surface area contributed by atoms with Crippen LogP contribution in [0, 0.1) is 16.7 Å². The largest absolute Gasteiger partial charge is 0.465 e. The maximum absolute atomic E-state index is 14.6. The monoisotopic (exact) mass is 614 g/mol. The molecular formula is C30H30ClF3N6O3. The predicted molar refractivity (Wildman–Crippen MR) is 154 cm³/mol. The lowest BCUT2D eigenvalue weighted by Gasteiger charge is -2.39. The maximum atomic E-state index is 14.6. The highest BCUT2D eigenvalue weighted by atomic mass is 35.5. The number of hydrogen-bond acceptors (Lipinski definition) is 9. The lowest BCUT2D eigenvalue weighted by atomic mass is 9.76. The minimum atomic E-state index is -4.84. The number of alkyl halides is 3. The first-order valence-corrected chi connectivity index (χ1v) is 14.2. The smallest absolute Gasteiger partial charge is 0.429 e. The molecule has 3 heterocycles. The molecule has 2 aromatic carbocycles. The lowest BCUT2D eigenvalue weighted by molar-refractivity contribution is -0.198. The number of nitrogen functional groups attached to an aromatic ring is 1. The number of nitrogens with zero attached hydrogens (tertiary/aromatic N) is 4. The van der Waals surface area contributed by atoms with Gasteiger partial charge in [-0.1, -0.05) is 29.8 Å². The summed E-state index contributed by atoms with van der Waals surface area (Å²) < 4.78 is 54.4. The molecule has 2 fully saturated rings. The zero-order valence-corrected chi connectivity index (χ0v) is 24.1. The summed E-state index contributed by atoms with van der Waals surface area (Å²) in [6.45, 7) is 3.89. The Balaban J connectivity index is 1.38. The van der Waals surface area contributed by atoms with Crippen molar-refractivity contribution in [1.82, 2.24) is 15.3 Å². The average Bonchev–Trinajstić information content (AvgIpc) is 3.39. The van der Waals surface area contributed by atoms with Gasteiger partial charge in [0, 0.05) is 36.3 Å². The van der Waals surface area contributed by atoms with Crippen LogP contribution in [0.3, 0.4) is 0 Å². The summed E-state index contributed by atoms with van der Waals surface area (Å²) in [5.41, 5.74) is 6.49. The van der Waals surface area contributed by atoms with Crippen LogP contribution in [-0.4, -0.2) is 54.4 Å². The summed E-state index contributed by atoms with van der Waals surface area (Å²) in [6.07, 6.45) is -5.10. The van der Waals surface area contributed by atoms with E-state index in [2.05, 4.69) is 15.3 Å². The second-order valence-corrected chi connectivity index (χ2v) is 11.2. The zero-order valence-electron chi connectivity index (χ0n) is 23.3. The first-order valence-electron chi connectivity index (χ1n) is 13.8. The number of carbonyl (C=O) groups is 1. The molecule has 3 aromatic rings. The molecule has 0 unspecified atom stereocenters. The molecule has 9 nitrogen and oxygen atoms in total. The van der Waals surface area contributed by atoms with Gasteiger partial charge in [0.05, 0.1) is 18.2 Å². The summed E-state index contributed by atoms with van der Waals surface area (Å²) in [6, 6.07) is 13.2. The van der Waals surface area contributed by atoms with Crippen molar-refractivity contribution in [1.29, 1.82) is 5.26 Å². The number of anilines is 2. The Morgan fingerprint density at radius 2 is 2.00 bits per heavy atom. The molecule has 13 heteroatoms. The maximum Gasteiger partial charge on any atom is 0.429 e. The number of carbonyl (C=O) groups excluding carboxylic acids is 1. The number of ether oxygens (including phenoxy) is 2. The topological polar surface area (TPSA) is 126 Å². The van der Waals surface area contributed by atoms with Crippen molar-refractivity contribution < 1.29 is 27.4 Å². The fourth-order valence-electron chi connectivity index (χ4n) is 5.76. The van der Waals surface area contributed by atoms with E-state index in [-0.39, 0.29) is 51.0 Å². The van der Waals surface area contributed by atoms with Gasteiger partial charge in [-0.25, -0.2) is 0 Å². The van der Waals surface area contributed by atoms with Gasteiger partial charge < -0.3 is 25.4 Å². The summed E-state index contributed by atoms with van der Waals surface area (Å²) in [5, 5.41) is 12.8. The van der Waals surface area contributed by atoms with Crippen LogP contribution >= 0.6 is 11.6 Å². The highest BCUT2D eigenvalue weighted by molar-refractivity contribution is 6.30. The number of piperidine rings is 1. The predicted octanol–water partition coefficient (Wildman–Crippen LogP) is 5.44. The Morgan fingerprint density at radius 3 is 2.70 bits per heavy atom. The van der Waals surface area contributed by atoms with E-state index in [0.717, 1.165) is 12.8 Å². The van der Waals surface area contributed by atoms with Crippen LogP contribution in [0.4, 0.5) is 24.9 Å². The highest BCUT2D eigenvalue weighted by Gasteiger charge is 2.46. The van der Waals surface area contributed by atoms with Crippen LogP contribution < -0.4 is 20.7 Å². The minimum Gasteiger partial charge on any atom is -0.465 e. The third-order valence-corrected chi connectivity index (χ3v) is 8.16. The van der Waals surface area contributed by atoms with Crippen LogP contribution in [0.2, 0.25) is 5.02 Å². The quantitative estimate of drug-likeness (QED) is 0.334. The number of halogens is 4. The number of nitriles is 1. The normalized spacial score (nSPS) is 18.7. The molecule has 5 rings (SSSR count). The molecule has 2 saturated heterocycles.